The van der Waals surface area contributed by atoms with E-state index in [1.165, 1.54) is 19.3 Å². The number of Topliss-reactive ketones (excluding diaryl/α,β-unsaturated/α-hetero) is 1. The van der Waals surface area contributed by atoms with E-state index in [0.29, 0.717) is 18.1 Å². The molecule has 18 heavy (non-hydrogen) atoms. The molecule has 0 bridgehead atoms. The van der Waals surface area contributed by atoms with Gasteiger partial charge < -0.3 is 0 Å². The van der Waals surface area contributed by atoms with Gasteiger partial charge in [0.2, 0.25) is 0 Å². The zero-order valence-corrected chi connectivity index (χ0v) is 12.5. The highest BCUT2D eigenvalue weighted by Gasteiger charge is 2.23. The molecule has 0 amide bonds. The molecule has 0 unspecified atom stereocenters. The molecule has 0 N–H and O–H groups in total. The first-order valence-corrected chi connectivity index (χ1v) is 7.82. The second-order valence-electron chi connectivity index (χ2n) is 6.35. The molecule has 0 aliphatic heterocycles. The van der Waals surface area contributed by atoms with Gasteiger partial charge in [-0.15, -0.1) is 11.3 Å². The molecule has 2 nitrogen and oxygen atoms in total. The van der Waals surface area contributed by atoms with Gasteiger partial charge in [-0.05, 0) is 12.8 Å². The van der Waals surface area contributed by atoms with Crippen LogP contribution in [0.4, 0.5) is 0 Å². The maximum absolute atomic E-state index is 12.2. The van der Waals surface area contributed by atoms with Gasteiger partial charge in [-0.1, -0.05) is 40.0 Å². The smallest absolute Gasteiger partial charge is 0.142 e. The highest BCUT2D eigenvalue weighted by Crippen LogP contribution is 2.27. The Morgan fingerprint density at radius 2 is 2.00 bits per heavy atom. The molecular weight excluding hydrogens is 242 g/mol. The first kappa shape index (κ1) is 13.7. The van der Waals surface area contributed by atoms with Gasteiger partial charge in [0.15, 0.2) is 0 Å². The summed E-state index contributed by atoms with van der Waals surface area (Å²) >= 11 is 1.64. The average Bonchev–Trinajstić information content (AvgIpc) is 2.78. The zero-order valence-electron chi connectivity index (χ0n) is 11.7. The fourth-order valence-electron chi connectivity index (χ4n) is 2.45. The second kappa shape index (κ2) is 5.52. The summed E-state index contributed by atoms with van der Waals surface area (Å²) in [7, 11) is 0. The minimum Gasteiger partial charge on any atom is -0.299 e. The number of nitrogens with zero attached hydrogens (tertiary/aromatic N) is 1. The number of aromatic nitrogens is 1. The van der Waals surface area contributed by atoms with E-state index in [2.05, 4.69) is 31.1 Å². The second-order valence-corrected chi connectivity index (χ2v) is 7.30. The topological polar surface area (TPSA) is 30.0 Å². The molecule has 1 heterocycles. The first-order chi connectivity index (χ1) is 8.47. The van der Waals surface area contributed by atoms with Crippen molar-refractivity contribution in [3.63, 3.8) is 0 Å². The summed E-state index contributed by atoms with van der Waals surface area (Å²) in [5, 5.41) is 3.10. The van der Waals surface area contributed by atoms with Crippen molar-refractivity contribution >= 4 is 17.1 Å². The Balaban J connectivity index is 1.96. The number of rotatable bonds is 3. The molecule has 1 aromatic rings. The van der Waals surface area contributed by atoms with Crippen molar-refractivity contribution in [2.75, 3.05) is 0 Å². The summed E-state index contributed by atoms with van der Waals surface area (Å²) in [5.74, 6) is 0.713. The molecule has 1 saturated carbocycles. The molecule has 3 heteroatoms. The van der Waals surface area contributed by atoms with E-state index < -0.39 is 0 Å². The molecule has 2 rings (SSSR count). The Morgan fingerprint density at radius 1 is 1.33 bits per heavy atom. The van der Waals surface area contributed by atoms with Gasteiger partial charge in [-0.3, -0.25) is 4.79 Å². The molecule has 0 spiro atoms. The Hall–Kier alpha value is -0.700. The van der Waals surface area contributed by atoms with Gasteiger partial charge in [0, 0.05) is 16.7 Å². The van der Waals surface area contributed by atoms with Crippen LogP contribution in [0, 0.1) is 5.92 Å². The number of carbonyl (C=O) groups excluding carboxylic acids is 1. The lowest BCUT2D eigenvalue weighted by Crippen LogP contribution is -2.19. The molecule has 1 aliphatic carbocycles. The van der Waals surface area contributed by atoms with Gasteiger partial charge in [0.1, 0.15) is 10.8 Å². The summed E-state index contributed by atoms with van der Waals surface area (Å²) in [4.78, 5) is 16.8. The van der Waals surface area contributed by atoms with Crippen molar-refractivity contribution < 1.29 is 4.79 Å². The largest absolute Gasteiger partial charge is 0.299 e. The van der Waals surface area contributed by atoms with Gasteiger partial charge >= 0.3 is 0 Å². The third-order valence-corrected chi connectivity index (χ3v) is 4.55. The van der Waals surface area contributed by atoms with E-state index in [4.69, 9.17) is 0 Å². The van der Waals surface area contributed by atoms with Crippen LogP contribution < -0.4 is 0 Å². The molecular formula is C15H23NOS. The number of carbonyl (C=O) groups is 1. The van der Waals surface area contributed by atoms with Crippen LogP contribution >= 0.6 is 11.3 Å². The lowest BCUT2D eigenvalue weighted by molar-refractivity contribution is -0.123. The standard InChI is InChI=1S/C15H23NOS/c1-15(2,3)13-10-18-14(16-13)9-12(17)11-7-5-4-6-8-11/h10-11H,4-9H2,1-3H3. The Morgan fingerprint density at radius 3 is 2.56 bits per heavy atom. The van der Waals surface area contributed by atoms with Gasteiger partial charge in [-0.2, -0.15) is 0 Å². The van der Waals surface area contributed by atoms with Crippen LogP contribution in [0.1, 0.15) is 63.6 Å². The zero-order chi connectivity index (χ0) is 13.2. The molecule has 0 aromatic carbocycles. The Kier molecular flexibility index (Phi) is 4.21. The molecule has 0 radical (unpaired) electrons. The minimum absolute atomic E-state index is 0.0859. The average molecular weight is 265 g/mol. The normalized spacial score (nSPS) is 17.9. The maximum Gasteiger partial charge on any atom is 0.142 e. The lowest BCUT2D eigenvalue weighted by Gasteiger charge is -2.19. The molecule has 0 saturated heterocycles. The lowest BCUT2D eigenvalue weighted by atomic mass is 9.85. The van der Waals surface area contributed by atoms with Crippen molar-refractivity contribution in [2.45, 2.75) is 64.7 Å². The van der Waals surface area contributed by atoms with Crippen molar-refractivity contribution in [1.82, 2.24) is 4.98 Å². The van der Waals surface area contributed by atoms with Crippen LogP contribution in [-0.4, -0.2) is 10.8 Å². The fraction of sp³-hybridized carbons (Fsp3) is 0.733. The van der Waals surface area contributed by atoms with Crippen LogP contribution in [0.5, 0.6) is 0 Å². The Labute approximate surface area is 114 Å². The van der Waals surface area contributed by atoms with E-state index >= 15 is 0 Å². The van der Waals surface area contributed by atoms with E-state index in [1.54, 1.807) is 11.3 Å². The van der Waals surface area contributed by atoms with Gasteiger partial charge in [0.25, 0.3) is 0 Å². The summed E-state index contributed by atoms with van der Waals surface area (Å²) < 4.78 is 0. The number of hydrogen-bond donors (Lipinski definition) is 0. The fourth-order valence-corrected chi connectivity index (χ4v) is 3.49. The monoisotopic (exact) mass is 265 g/mol. The Bertz CT molecular complexity index is 410. The van der Waals surface area contributed by atoms with Crippen LogP contribution in [0.2, 0.25) is 0 Å². The van der Waals surface area contributed by atoms with Crippen LogP contribution in [0.3, 0.4) is 0 Å². The number of thiazole rings is 1. The van der Waals surface area contributed by atoms with E-state index in [0.717, 1.165) is 23.5 Å². The van der Waals surface area contributed by atoms with E-state index in [9.17, 15) is 4.79 Å². The van der Waals surface area contributed by atoms with Gasteiger partial charge in [-0.25, -0.2) is 4.98 Å². The summed E-state index contributed by atoms with van der Waals surface area (Å²) in [5.41, 5.74) is 1.20. The van der Waals surface area contributed by atoms with Crippen LogP contribution in [0.25, 0.3) is 0 Å². The highest BCUT2D eigenvalue weighted by atomic mass is 32.1. The highest BCUT2D eigenvalue weighted by molar-refractivity contribution is 7.09. The summed E-state index contributed by atoms with van der Waals surface area (Å²) in [6.45, 7) is 6.48. The van der Waals surface area contributed by atoms with Crippen molar-refractivity contribution in [1.29, 1.82) is 0 Å². The third-order valence-electron chi connectivity index (χ3n) is 3.71. The molecule has 1 fully saturated rings. The quantitative estimate of drug-likeness (QED) is 0.822. The molecule has 100 valence electrons. The van der Waals surface area contributed by atoms with Crippen LogP contribution in [0.15, 0.2) is 5.38 Å². The number of hydrogen-bond acceptors (Lipinski definition) is 3. The van der Waals surface area contributed by atoms with Crippen molar-refractivity contribution in [3.8, 4) is 0 Å². The van der Waals surface area contributed by atoms with Crippen molar-refractivity contribution in [3.05, 3.63) is 16.1 Å². The predicted octanol–water partition coefficient (Wildman–Crippen LogP) is 4.13. The molecule has 1 aliphatic rings. The predicted molar refractivity (Wildman–Crippen MR) is 76.1 cm³/mol. The summed E-state index contributed by atoms with van der Waals surface area (Å²) in [6, 6.07) is 0. The first-order valence-electron chi connectivity index (χ1n) is 6.94. The van der Waals surface area contributed by atoms with E-state index in [-0.39, 0.29) is 5.41 Å². The molecule has 0 atom stereocenters. The SMILES string of the molecule is CC(C)(C)c1csc(CC(=O)C2CCCCC2)n1. The van der Waals surface area contributed by atoms with Crippen molar-refractivity contribution in [2.24, 2.45) is 5.92 Å². The maximum atomic E-state index is 12.2. The van der Waals surface area contributed by atoms with Gasteiger partial charge in [0.05, 0.1) is 12.1 Å². The summed E-state index contributed by atoms with van der Waals surface area (Å²) in [6.07, 6.45) is 6.48. The third kappa shape index (κ3) is 3.41. The van der Waals surface area contributed by atoms with Crippen LogP contribution in [-0.2, 0) is 16.6 Å². The number of ketones is 1. The van der Waals surface area contributed by atoms with E-state index in [1.807, 2.05) is 0 Å². The molecule has 1 aromatic heterocycles. The minimum atomic E-state index is 0.0859.